The molecule has 0 radical (unpaired) electrons. The first kappa shape index (κ1) is 20.4. The van der Waals surface area contributed by atoms with E-state index in [-0.39, 0.29) is 16.8 Å². The average Bonchev–Trinajstić information content (AvgIpc) is 2.79. The van der Waals surface area contributed by atoms with Crippen LogP contribution in [-0.2, 0) is 6.61 Å². The van der Waals surface area contributed by atoms with Gasteiger partial charge in [0.15, 0.2) is 5.11 Å². The van der Waals surface area contributed by atoms with Gasteiger partial charge in [-0.25, -0.2) is 0 Å². The summed E-state index contributed by atoms with van der Waals surface area (Å²) in [5, 5.41) is 17.4. The third-order valence-electron chi connectivity index (χ3n) is 4.74. The van der Waals surface area contributed by atoms with Crippen molar-refractivity contribution in [2.75, 3.05) is 5.32 Å². The molecule has 4 aromatic rings. The van der Waals surface area contributed by atoms with E-state index in [1.165, 1.54) is 0 Å². The number of amides is 1. The van der Waals surface area contributed by atoms with Crippen molar-refractivity contribution in [2.45, 2.75) is 6.61 Å². The lowest BCUT2D eigenvalue weighted by atomic mass is 10.1. The normalized spacial score (nSPS) is 10.5. The quantitative estimate of drug-likeness (QED) is 0.379. The van der Waals surface area contributed by atoms with Gasteiger partial charge in [-0.05, 0) is 54.2 Å². The lowest BCUT2D eigenvalue weighted by Gasteiger charge is -2.12. The van der Waals surface area contributed by atoms with Gasteiger partial charge in [-0.1, -0.05) is 54.6 Å². The first-order valence-electron chi connectivity index (χ1n) is 9.70. The number of rotatable bonds is 5. The van der Waals surface area contributed by atoms with Crippen LogP contribution in [0.2, 0.25) is 0 Å². The number of phenolic OH excluding ortho intramolecular Hbond substituents is 1. The van der Waals surface area contributed by atoms with Crippen LogP contribution in [0.1, 0.15) is 15.9 Å². The number of thiocarbonyl (C=S) groups is 1. The SMILES string of the molecule is O=C(NC(=S)Nc1cccc2c(O)cccc12)c1ccc(OCc2ccccc2)cc1. The molecule has 0 saturated heterocycles. The van der Waals surface area contributed by atoms with Crippen molar-refractivity contribution in [2.24, 2.45) is 0 Å². The summed E-state index contributed by atoms with van der Waals surface area (Å²) < 4.78 is 5.75. The van der Waals surface area contributed by atoms with Gasteiger partial charge in [-0.15, -0.1) is 0 Å². The molecule has 4 aromatic carbocycles. The molecule has 0 bridgehead atoms. The van der Waals surface area contributed by atoms with Crippen molar-refractivity contribution >= 4 is 39.7 Å². The highest BCUT2D eigenvalue weighted by Gasteiger charge is 2.10. The van der Waals surface area contributed by atoms with E-state index in [0.29, 0.717) is 29.0 Å². The maximum atomic E-state index is 12.5. The van der Waals surface area contributed by atoms with Crippen LogP contribution < -0.4 is 15.4 Å². The number of ether oxygens (including phenoxy) is 1. The van der Waals surface area contributed by atoms with Crippen molar-refractivity contribution < 1.29 is 14.6 Å². The molecule has 4 rings (SSSR count). The highest BCUT2D eigenvalue weighted by molar-refractivity contribution is 7.80. The number of carbonyl (C=O) groups is 1. The van der Waals surface area contributed by atoms with Crippen molar-refractivity contribution in [1.29, 1.82) is 0 Å². The van der Waals surface area contributed by atoms with Crippen molar-refractivity contribution in [3.05, 3.63) is 102 Å². The Kier molecular flexibility index (Phi) is 6.10. The number of fused-ring (bicyclic) bond motifs is 1. The van der Waals surface area contributed by atoms with Gasteiger partial charge in [0.05, 0.1) is 0 Å². The molecule has 0 atom stereocenters. The molecule has 31 heavy (non-hydrogen) atoms. The number of aromatic hydroxyl groups is 1. The highest BCUT2D eigenvalue weighted by Crippen LogP contribution is 2.29. The molecule has 0 spiro atoms. The molecule has 0 aliphatic carbocycles. The third kappa shape index (κ3) is 4.99. The van der Waals surface area contributed by atoms with Gasteiger partial charge < -0.3 is 15.2 Å². The molecular weight excluding hydrogens is 408 g/mol. The van der Waals surface area contributed by atoms with E-state index in [9.17, 15) is 9.90 Å². The lowest BCUT2D eigenvalue weighted by Crippen LogP contribution is -2.34. The number of hydrogen-bond acceptors (Lipinski definition) is 4. The van der Waals surface area contributed by atoms with Gasteiger partial charge >= 0.3 is 0 Å². The Bertz CT molecular complexity index is 1220. The second-order valence-electron chi connectivity index (χ2n) is 6.88. The summed E-state index contributed by atoms with van der Waals surface area (Å²) >= 11 is 5.30. The fraction of sp³-hybridized carbons (Fsp3) is 0.0400. The summed E-state index contributed by atoms with van der Waals surface area (Å²) in [4.78, 5) is 12.5. The molecule has 154 valence electrons. The minimum absolute atomic E-state index is 0.172. The number of nitrogens with one attached hydrogen (secondary N) is 2. The number of phenols is 1. The lowest BCUT2D eigenvalue weighted by molar-refractivity contribution is 0.0977. The Morgan fingerprint density at radius 1 is 0.839 bits per heavy atom. The van der Waals surface area contributed by atoms with Crippen LogP contribution >= 0.6 is 12.2 Å². The summed E-state index contributed by atoms with van der Waals surface area (Å²) in [6.07, 6.45) is 0. The zero-order chi connectivity index (χ0) is 21.6. The zero-order valence-electron chi connectivity index (χ0n) is 16.5. The van der Waals surface area contributed by atoms with Crippen LogP contribution in [0.5, 0.6) is 11.5 Å². The molecule has 0 heterocycles. The smallest absolute Gasteiger partial charge is 0.257 e. The van der Waals surface area contributed by atoms with Gasteiger partial charge in [0.1, 0.15) is 18.1 Å². The summed E-state index contributed by atoms with van der Waals surface area (Å²) in [6.45, 7) is 0.459. The summed E-state index contributed by atoms with van der Waals surface area (Å²) in [6, 6.07) is 27.5. The Morgan fingerprint density at radius 2 is 1.55 bits per heavy atom. The number of benzene rings is 4. The van der Waals surface area contributed by atoms with Crippen molar-refractivity contribution in [3.63, 3.8) is 0 Å². The minimum Gasteiger partial charge on any atom is -0.507 e. The summed E-state index contributed by atoms with van der Waals surface area (Å²) in [5.74, 6) is 0.539. The van der Waals surface area contributed by atoms with Gasteiger partial charge in [0.2, 0.25) is 0 Å². The van der Waals surface area contributed by atoms with Crippen LogP contribution in [0.25, 0.3) is 10.8 Å². The maximum absolute atomic E-state index is 12.5. The molecule has 0 unspecified atom stereocenters. The molecule has 0 aliphatic rings. The molecule has 3 N–H and O–H groups in total. The maximum Gasteiger partial charge on any atom is 0.257 e. The summed E-state index contributed by atoms with van der Waals surface area (Å²) in [5.41, 5.74) is 2.23. The largest absolute Gasteiger partial charge is 0.507 e. The molecule has 0 aliphatic heterocycles. The Morgan fingerprint density at radius 3 is 2.32 bits per heavy atom. The topological polar surface area (TPSA) is 70.6 Å². The second kappa shape index (κ2) is 9.28. The molecule has 0 fully saturated rings. The highest BCUT2D eigenvalue weighted by atomic mass is 32.1. The van der Waals surface area contributed by atoms with Gasteiger partial charge in [0.25, 0.3) is 5.91 Å². The van der Waals surface area contributed by atoms with E-state index in [1.54, 1.807) is 36.4 Å². The van der Waals surface area contributed by atoms with E-state index in [2.05, 4.69) is 10.6 Å². The summed E-state index contributed by atoms with van der Waals surface area (Å²) in [7, 11) is 0. The van der Waals surface area contributed by atoms with E-state index in [0.717, 1.165) is 10.9 Å². The average molecular weight is 429 g/mol. The van der Waals surface area contributed by atoms with Crippen LogP contribution in [0, 0.1) is 0 Å². The Balaban J connectivity index is 1.37. The van der Waals surface area contributed by atoms with E-state index >= 15 is 0 Å². The van der Waals surface area contributed by atoms with E-state index in [4.69, 9.17) is 17.0 Å². The molecule has 5 nitrogen and oxygen atoms in total. The molecular formula is C25H20N2O3S. The predicted octanol–water partition coefficient (Wildman–Crippen LogP) is 5.25. The van der Waals surface area contributed by atoms with E-state index < -0.39 is 0 Å². The fourth-order valence-corrected chi connectivity index (χ4v) is 3.38. The minimum atomic E-state index is -0.324. The third-order valence-corrected chi connectivity index (χ3v) is 4.94. The van der Waals surface area contributed by atoms with Crippen LogP contribution in [0.15, 0.2) is 91.0 Å². The monoisotopic (exact) mass is 428 g/mol. The van der Waals surface area contributed by atoms with Crippen LogP contribution in [0.3, 0.4) is 0 Å². The van der Waals surface area contributed by atoms with Crippen molar-refractivity contribution in [1.82, 2.24) is 5.32 Å². The second-order valence-corrected chi connectivity index (χ2v) is 7.29. The van der Waals surface area contributed by atoms with Crippen LogP contribution in [-0.4, -0.2) is 16.1 Å². The number of carbonyl (C=O) groups excluding carboxylic acids is 1. The number of anilines is 1. The van der Waals surface area contributed by atoms with Gasteiger partial charge in [-0.2, -0.15) is 0 Å². The van der Waals surface area contributed by atoms with Crippen molar-refractivity contribution in [3.8, 4) is 11.5 Å². The first-order valence-corrected chi connectivity index (χ1v) is 10.1. The standard InChI is InChI=1S/C25H20N2O3S/c28-23-11-5-8-20-21(23)9-4-10-22(20)26-25(31)27-24(29)18-12-14-19(15-13-18)30-16-17-6-2-1-3-7-17/h1-15,28H,16H2,(H2,26,27,29,31). The Labute approximate surface area is 185 Å². The van der Waals surface area contributed by atoms with Gasteiger partial charge in [-0.3, -0.25) is 10.1 Å². The fourth-order valence-electron chi connectivity index (χ4n) is 3.17. The molecule has 1 amide bonds. The van der Waals surface area contributed by atoms with E-state index in [1.807, 2.05) is 54.6 Å². The Hall–Kier alpha value is -3.90. The van der Waals surface area contributed by atoms with Crippen LogP contribution in [0.4, 0.5) is 5.69 Å². The molecule has 6 heteroatoms. The molecule has 0 saturated carbocycles. The zero-order valence-corrected chi connectivity index (χ0v) is 17.4. The predicted molar refractivity (Wildman–Crippen MR) is 127 cm³/mol. The molecule has 0 aromatic heterocycles. The number of hydrogen-bond donors (Lipinski definition) is 3. The first-order chi connectivity index (χ1) is 15.1. The van der Waals surface area contributed by atoms with Gasteiger partial charge in [0, 0.05) is 22.0 Å².